The molecule has 3 heteroatoms. The van der Waals surface area contributed by atoms with Gasteiger partial charge in [0.2, 0.25) is 5.91 Å². The average molecular weight is 304 g/mol. The molecule has 0 radical (unpaired) electrons. The second kappa shape index (κ2) is 5.92. The summed E-state index contributed by atoms with van der Waals surface area (Å²) in [4.78, 5) is 15.7. The standard InChI is InChI=1S/C20H20N2O/c23-20(22-15-10-11-15)12-17(14-6-2-1-3-7-14)18-13-21-19-9-5-4-8-16(18)19/h1-9,13,15,17,21H,10-12H2,(H,22,23). The van der Waals surface area contributed by atoms with Crippen molar-refractivity contribution in [1.29, 1.82) is 0 Å². The molecule has 0 spiro atoms. The van der Waals surface area contributed by atoms with E-state index in [1.807, 2.05) is 36.5 Å². The van der Waals surface area contributed by atoms with Crippen molar-refractivity contribution >= 4 is 16.8 Å². The summed E-state index contributed by atoms with van der Waals surface area (Å²) in [7, 11) is 0. The van der Waals surface area contributed by atoms with E-state index in [1.54, 1.807) is 0 Å². The van der Waals surface area contributed by atoms with Crippen LogP contribution in [0.5, 0.6) is 0 Å². The van der Waals surface area contributed by atoms with Crippen LogP contribution in [0.4, 0.5) is 0 Å². The third-order valence-electron chi connectivity index (χ3n) is 4.53. The van der Waals surface area contributed by atoms with Crippen LogP contribution in [0.3, 0.4) is 0 Å². The van der Waals surface area contributed by atoms with Gasteiger partial charge in [0.05, 0.1) is 0 Å². The molecule has 3 aromatic rings. The van der Waals surface area contributed by atoms with E-state index >= 15 is 0 Å². The number of benzene rings is 2. The molecule has 1 saturated carbocycles. The molecule has 2 N–H and O–H groups in total. The van der Waals surface area contributed by atoms with Crippen molar-refractivity contribution in [3.63, 3.8) is 0 Å². The van der Waals surface area contributed by atoms with Gasteiger partial charge in [0, 0.05) is 35.5 Å². The maximum Gasteiger partial charge on any atom is 0.221 e. The Morgan fingerprint density at radius 3 is 2.61 bits per heavy atom. The van der Waals surface area contributed by atoms with Crippen LogP contribution in [0, 0.1) is 0 Å². The fourth-order valence-corrected chi connectivity index (χ4v) is 3.17. The highest BCUT2D eigenvalue weighted by Gasteiger charge is 2.26. The number of aromatic nitrogens is 1. The summed E-state index contributed by atoms with van der Waals surface area (Å²) >= 11 is 0. The van der Waals surface area contributed by atoms with Gasteiger partial charge in [-0.15, -0.1) is 0 Å². The molecular formula is C20H20N2O. The summed E-state index contributed by atoms with van der Waals surface area (Å²) in [6.07, 6.45) is 4.78. The minimum atomic E-state index is 0.0751. The lowest BCUT2D eigenvalue weighted by Crippen LogP contribution is -2.27. The van der Waals surface area contributed by atoms with E-state index in [2.05, 4.69) is 34.6 Å². The number of carbonyl (C=O) groups excluding carboxylic acids is 1. The number of fused-ring (bicyclic) bond motifs is 1. The summed E-state index contributed by atoms with van der Waals surface area (Å²) < 4.78 is 0. The van der Waals surface area contributed by atoms with Gasteiger partial charge >= 0.3 is 0 Å². The number of nitrogens with one attached hydrogen (secondary N) is 2. The monoisotopic (exact) mass is 304 g/mol. The summed E-state index contributed by atoms with van der Waals surface area (Å²) in [5.74, 6) is 0.220. The fraction of sp³-hybridized carbons (Fsp3) is 0.250. The number of hydrogen-bond donors (Lipinski definition) is 2. The van der Waals surface area contributed by atoms with E-state index in [9.17, 15) is 4.79 Å². The Kier molecular flexibility index (Phi) is 3.62. The molecule has 4 rings (SSSR count). The van der Waals surface area contributed by atoms with Crippen molar-refractivity contribution < 1.29 is 4.79 Å². The van der Waals surface area contributed by atoms with Crippen molar-refractivity contribution in [2.45, 2.75) is 31.2 Å². The summed E-state index contributed by atoms with van der Waals surface area (Å²) in [5, 5.41) is 4.31. The van der Waals surface area contributed by atoms with Crippen molar-refractivity contribution in [3.8, 4) is 0 Å². The van der Waals surface area contributed by atoms with Gasteiger partial charge in [0.15, 0.2) is 0 Å². The van der Waals surface area contributed by atoms with Gasteiger partial charge in [-0.3, -0.25) is 4.79 Å². The first-order valence-electron chi connectivity index (χ1n) is 8.21. The number of aromatic amines is 1. The van der Waals surface area contributed by atoms with Gasteiger partial charge in [-0.25, -0.2) is 0 Å². The molecule has 1 aliphatic rings. The van der Waals surface area contributed by atoms with Crippen molar-refractivity contribution in [3.05, 3.63) is 71.9 Å². The zero-order valence-corrected chi connectivity index (χ0v) is 13.0. The van der Waals surface area contributed by atoms with E-state index in [4.69, 9.17) is 0 Å². The van der Waals surface area contributed by atoms with Gasteiger partial charge in [0.25, 0.3) is 0 Å². The zero-order chi connectivity index (χ0) is 15.6. The van der Waals surface area contributed by atoms with Crippen LogP contribution < -0.4 is 5.32 Å². The molecule has 1 amide bonds. The smallest absolute Gasteiger partial charge is 0.221 e. The molecule has 1 aromatic heterocycles. The number of carbonyl (C=O) groups is 1. The lowest BCUT2D eigenvalue weighted by Gasteiger charge is -2.17. The van der Waals surface area contributed by atoms with E-state index in [-0.39, 0.29) is 11.8 Å². The first kappa shape index (κ1) is 14.1. The fourth-order valence-electron chi connectivity index (χ4n) is 3.17. The summed E-state index contributed by atoms with van der Waals surface area (Å²) in [5.41, 5.74) is 3.49. The minimum absolute atomic E-state index is 0.0751. The molecule has 116 valence electrons. The maximum atomic E-state index is 12.4. The molecule has 1 heterocycles. The van der Waals surface area contributed by atoms with Crippen LogP contribution in [-0.2, 0) is 4.79 Å². The Labute approximate surface area is 135 Å². The number of hydrogen-bond acceptors (Lipinski definition) is 1. The van der Waals surface area contributed by atoms with Crippen molar-refractivity contribution in [2.24, 2.45) is 0 Å². The zero-order valence-electron chi connectivity index (χ0n) is 13.0. The topological polar surface area (TPSA) is 44.9 Å². The average Bonchev–Trinajstić information content (AvgIpc) is 3.30. The largest absolute Gasteiger partial charge is 0.361 e. The molecule has 3 nitrogen and oxygen atoms in total. The number of rotatable bonds is 5. The molecule has 0 saturated heterocycles. The lowest BCUT2D eigenvalue weighted by molar-refractivity contribution is -0.121. The third-order valence-corrected chi connectivity index (χ3v) is 4.53. The van der Waals surface area contributed by atoms with Crippen molar-refractivity contribution in [1.82, 2.24) is 10.3 Å². The van der Waals surface area contributed by atoms with Crippen molar-refractivity contribution in [2.75, 3.05) is 0 Å². The molecule has 23 heavy (non-hydrogen) atoms. The van der Waals surface area contributed by atoms with Gasteiger partial charge in [-0.1, -0.05) is 48.5 Å². The van der Waals surface area contributed by atoms with Crippen LogP contribution in [0.15, 0.2) is 60.8 Å². The molecule has 1 fully saturated rings. The van der Waals surface area contributed by atoms with Crippen LogP contribution in [-0.4, -0.2) is 16.9 Å². The van der Waals surface area contributed by atoms with Crippen LogP contribution >= 0.6 is 0 Å². The van der Waals surface area contributed by atoms with Gasteiger partial charge in [0.1, 0.15) is 0 Å². The van der Waals surface area contributed by atoms with E-state index in [1.165, 1.54) is 16.5 Å². The Hall–Kier alpha value is -2.55. The van der Waals surface area contributed by atoms with Gasteiger partial charge in [-0.2, -0.15) is 0 Å². The number of H-pyrrole nitrogens is 1. The quantitative estimate of drug-likeness (QED) is 0.736. The molecule has 1 aliphatic carbocycles. The molecule has 1 atom stereocenters. The summed E-state index contributed by atoms with van der Waals surface area (Å²) in [6, 6.07) is 19.0. The SMILES string of the molecule is O=C(CC(c1ccccc1)c1c[nH]c2ccccc12)NC1CC1. The molecule has 1 unspecified atom stereocenters. The highest BCUT2D eigenvalue weighted by molar-refractivity contribution is 5.86. The molecular weight excluding hydrogens is 284 g/mol. The summed E-state index contributed by atoms with van der Waals surface area (Å²) in [6.45, 7) is 0. The Morgan fingerprint density at radius 2 is 1.83 bits per heavy atom. The highest BCUT2D eigenvalue weighted by Crippen LogP contribution is 2.33. The lowest BCUT2D eigenvalue weighted by atomic mass is 9.88. The Morgan fingerprint density at radius 1 is 1.09 bits per heavy atom. The van der Waals surface area contributed by atoms with Crippen LogP contribution in [0.1, 0.15) is 36.3 Å². The minimum Gasteiger partial charge on any atom is -0.361 e. The molecule has 0 bridgehead atoms. The van der Waals surface area contributed by atoms with Gasteiger partial charge < -0.3 is 10.3 Å². The number of amides is 1. The molecule has 0 aliphatic heterocycles. The van der Waals surface area contributed by atoms with Crippen LogP contribution in [0.25, 0.3) is 10.9 Å². The van der Waals surface area contributed by atoms with E-state index in [0.717, 1.165) is 18.4 Å². The second-order valence-electron chi connectivity index (χ2n) is 6.30. The first-order chi connectivity index (χ1) is 11.3. The first-order valence-corrected chi connectivity index (χ1v) is 8.21. The van der Waals surface area contributed by atoms with Crippen LogP contribution in [0.2, 0.25) is 0 Å². The van der Waals surface area contributed by atoms with E-state index < -0.39 is 0 Å². The predicted octanol–water partition coefficient (Wildman–Crippen LogP) is 3.97. The Bertz CT molecular complexity index is 818. The maximum absolute atomic E-state index is 12.4. The second-order valence-corrected chi connectivity index (χ2v) is 6.30. The molecule has 2 aromatic carbocycles. The Balaban J connectivity index is 1.70. The van der Waals surface area contributed by atoms with Gasteiger partial charge in [-0.05, 0) is 30.0 Å². The normalized spacial score (nSPS) is 15.5. The highest BCUT2D eigenvalue weighted by atomic mass is 16.1. The third kappa shape index (κ3) is 3.00. The predicted molar refractivity (Wildman–Crippen MR) is 92.4 cm³/mol. The van der Waals surface area contributed by atoms with E-state index in [0.29, 0.717) is 12.5 Å². The number of para-hydroxylation sites is 1.